The maximum absolute atomic E-state index is 12.8. The minimum atomic E-state index is 0.0979. The number of aromatic nitrogens is 1. The molecule has 2 atom stereocenters. The molecule has 1 aliphatic heterocycles. The topological polar surface area (TPSA) is 45.2 Å². The fourth-order valence-electron chi connectivity index (χ4n) is 2.77. The Morgan fingerprint density at radius 3 is 2.80 bits per heavy atom. The number of amides is 1. The summed E-state index contributed by atoms with van der Waals surface area (Å²) in [6, 6.07) is 4.55. The van der Waals surface area contributed by atoms with Crippen molar-refractivity contribution in [3.63, 3.8) is 0 Å². The van der Waals surface area contributed by atoms with Gasteiger partial charge in [-0.15, -0.1) is 0 Å². The fourth-order valence-corrected chi connectivity index (χ4v) is 3.98. The van der Waals surface area contributed by atoms with Gasteiger partial charge >= 0.3 is 0 Å². The first-order valence-electron chi connectivity index (χ1n) is 6.64. The lowest BCUT2D eigenvalue weighted by Crippen LogP contribution is -2.55. The van der Waals surface area contributed by atoms with Gasteiger partial charge in [-0.05, 0) is 37.5 Å². The average Bonchev–Trinajstić information content (AvgIpc) is 2.83. The molecule has 1 unspecified atom stereocenters. The molecule has 0 spiro atoms. The summed E-state index contributed by atoms with van der Waals surface area (Å²) in [5.41, 5.74) is 0.748. The molecule has 4 nitrogen and oxygen atoms in total. The summed E-state index contributed by atoms with van der Waals surface area (Å²) in [4.78, 5) is 14.7. The third-order valence-corrected chi connectivity index (χ3v) is 4.80. The number of piperazine rings is 1. The van der Waals surface area contributed by atoms with Crippen LogP contribution >= 0.6 is 27.5 Å². The number of carbonyl (C=O) groups is 1. The monoisotopic (exact) mass is 353 g/mol. The largest absolute Gasteiger partial charge is 0.336 e. The van der Waals surface area contributed by atoms with Gasteiger partial charge in [0.05, 0.1) is 10.3 Å². The molecule has 0 saturated carbocycles. The highest BCUT2D eigenvalue weighted by Gasteiger charge is 2.27. The van der Waals surface area contributed by atoms with Crippen molar-refractivity contribution in [3.8, 4) is 0 Å². The molecule has 0 aliphatic carbocycles. The molecule has 1 saturated heterocycles. The zero-order valence-electron chi connectivity index (χ0n) is 11.4. The van der Waals surface area contributed by atoms with E-state index in [1.54, 1.807) is 0 Å². The first kappa shape index (κ1) is 14.0. The maximum Gasteiger partial charge on any atom is 0.255 e. The molecule has 2 aromatic rings. The van der Waals surface area contributed by atoms with Gasteiger partial charge in [0.15, 0.2) is 0 Å². The van der Waals surface area contributed by atoms with Crippen LogP contribution in [0.3, 0.4) is 0 Å². The average molecular weight is 354 g/mol. The predicted molar refractivity (Wildman–Crippen MR) is 85.3 cm³/mol. The lowest BCUT2D eigenvalue weighted by molar-refractivity contribution is 0.0676. The van der Waals surface area contributed by atoms with Crippen molar-refractivity contribution in [1.82, 2.24) is 14.6 Å². The third kappa shape index (κ3) is 2.60. The van der Waals surface area contributed by atoms with E-state index in [0.717, 1.165) is 33.2 Å². The Kier molecular flexibility index (Phi) is 3.79. The molecule has 1 N–H and O–H groups in total. The highest BCUT2D eigenvalue weighted by molar-refractivity contribution is 9.10. The summed E-state index contributed by atoms with van der Waals surface area (Å²) in [5.74, 6) is 0.0979. The van der Waals surface area contributed by atoms with Crippen LogP contribution in [0.15, 0.2) is 22.8 Å². The Labute approximate surface area is 130 Å². The summed E-state index contributed by atoms with van der Waals surface area (Å²) in [6.45, 7) is 5.71. The Hall–Kier alpha value is -0.980. The minimum absolute atomic E-state index is 0.0979. The molecule has 6 heteroatoms. The molecule has 0 radical (unpaired) electrons. The molecule has 2 heterocycles. The Bertz CT molecular complexity index is 647. The molecule has 3 rings (SSSR count). The Morgan fingerprint density at radius 1 is 1.40 bits per heavy atom. The van der Waals surface area contributed by atoms with Crippen LogP contribution < -0.4 is 5.32 Å². The fraction of sp³-hybridized carbons (Fsp3) is 0.429. The van der Waals surface area contributed by atoms with E-state index >= 15 is 0 Å². The van der Waals surface area contributed by atoms with Crippen LogP contribution in [0, 0.1) is 0 Å². The highest BCUT2D eigenvalue weighted by Crippen LogP contribution is 2.28. The van der Waals surface area contributed by atoms with Gasteiger partial charge in [0.1, 0.15) is 0 Å². The number of hydrogen-bond acceptors (Lipinski definition) is 4. The van der Waals surface area contributed by atoms with Crippen molar-refractivity contribution in [2.45, 2.75) is 25.9 Å². The molecule has 20 heavy (non-hydrogen) atoms. The van der Waals surface area contributed by atoms with Crippen LogP contribution in [0.2, 0.25) is 0 Å². The number of hydrogen-bond donors (Lipinski definition) is 1. The van der Waals surface area contributed by atoms with Crippen LogP contribution in [-0.4, -0.2) is 40.4 Å². The van der Waals surface area contributed by atoms with Crippen molar-refractivity contribution in [1.29, 1.82) is 0 Å². The number of fused-ring (bicyclic) bond motifs is 1. The second kappa shape index (κ2) is 5.42. The van der Waals surface area contributed by atoms with Gasteiger partial charge in [-0.25, -0.2) is 0 Å². The van der Waals surface area contributed by atoms with Gasteiger partial charge in [-0.2, -0.15) is 4.37 Å². The summed E-state index contributed by atoms with van der Waals surface area (Å²) in [6.07, 6.45) is 1.81. The lowest BCUT2D eigenvalue weighted by atomic mass is 10.1. The van der Waals surface area contributed by atoms with Crippen LogP contribution in [0.5, 0.6) is 0 Å². The van der Waals surface area contributed by atoms with E-state index in [1.807, 2.05) is 23.2 Å². The van der Waals surface area contributed by atoms with Crippen LogP contribution in [0.4, 0.5) is 0 Å². The van der Waals surface area contributed by atoms with Gasteiger partial charge in [-0.1, -0.05) is 15.9 Å². The third-order valence-electron chi connectivity index (χ3n) is 3.49. The van der Waals surface area contributed by atoms with Gasteiger partial charge < -0.3 is 10.2 Å². The second-order valence-corrected chi connectivity index (χ2v) is 7.09. The predicted octanol–water partition coefficient (Wildman–Crippen LogP) is 2.88. The molecule has 1 amide bonds. The smallest absolute Gasteiger partial charge is 0.255 e. The van der Waals surface area contributed by atoms with E-state index in [0.29, 0.717) is 12.1 Å². The van der Waals surface area contributed by atoms with Crippen molar-refractivity contribution in [2.75, 3.05) is 13.1 Å². The zero-order chi connectivity index (χ0) is 14.3. The summed E-state index contributed by atoms with van der Waals surface area (Å²) < 4.78 is 6.09. The van der Waals surface area contributed by atoms with Gasteiger partial charge in [0, 0.05) is 41.2 Å². The number of nitrogens with zero attached hydrogens (tertiary/aromatic N) is 2. The number of nitrogens with one attached hydrogen (secondary N) is 1. The van der Waals surface area contributed by atoms with Gasteiger partial charge in [-0.3, -0.25) is 4.79 Å². The van der Waals surface area contributed by atoms with E-state index < -0.39 is 0 Å². The van der Waals surface area contributed by atoms with E-state index in [-0.39, 0.29) is 5.91 Å². The molecule has 0 bridgehead atoms. The van der Waals surface area contributed by atoms with Crippen molar-refractivity contribution < 1.29 is 4.79 Å². The van der Waals surface area contributed by atoms with Crippen molar-refractivity contribution in [3.05, 3.63) is 28.4 Å². The Morgan fingerprint density at radius 2 is 2.10 bits per heavy atom. The molecule has 106 valence electrons. The van der Waals surface area contributed by atoms with E-state index in [1.165, 1.54) is 11.5 Å². The first-order valence-corrected chi connectivity index (χ1v) is 8.20. The van der Waals surface area contributed by atoms with Gasteiger partial charge in [0.2, 0.25) is 0 Å². The van der Waals surface area contributed by atoms with E-state index in [4.69, 9.17) is 0 Å². The minimum Gasteiger partial charge on any atom is -0.336 e. The number of benzene rings is 1. The van der Waals surface area contributed by atoms with Crippen LogP contribution in [0.1, 0.15) is 24.2 Å². The van der Waals surface area contributed by atoms with E-state index in [2.05, 4.69) is 39.5 Å². The summed E-state index contributed by atoms with van der Waals surface area (Å²) in [7, 11) is 0. The van der Waals surface area contributed by atoms with Crippen LogP contribution in [0.25, 0.3) is 10.1 Å². The van der Waals surface area contributed by atoms with Crippen molar-refractivity contribution in [2.24, 2.45) is 0 Å². The second-order valence-electron chi connectivity index (χ2n) is 5.38. The maximum atomic E-state index is 12.8. The summed E-state index contributed by atoms with van der Waals surface area (Å²) in [5, 5.41) is 4.46. The molecular formula is C14H16BrN3OS. The Balaban J connectivity index is 1.98. The molecular weight excluding hydrogens is 338 g/mol. The quantitative estimate of drug-likeness (QED) is 0.857. The standard InChI is InChI=1S/C14H16BrN3OS/c1-8-6-18(7-9(2)17-8)14(19)12-4-11(15)3-10-5-16-20-13(10)12/h3-5,8-9,17H,6-7H2,1-2H3/t8-,9?/m0/s1. The van der Waals surface area contributed by atoms with Crippen molar-refractivity contribution >= 4 is 43.5 Å². The SMILES string of the molecule is CC1CN(C(=O)c2cc(Br)cc3cnsc23)C[C@H](C)N1. The molecule has 1 aromatic carbocycles. The highest BCUT2D eigenvalue weighted by atomic mass is 79.9. The first-order chi connectivity index (χ1) is 9.54. The van der Waals surface area contributed by atoms with Gasteiger partial charge in [0.25, 0.3) is 5.91 Å². The molecule has 1 aromatic heterocycles. The van der Waals surface area contributed by atoms with E-state index in [9.17, 15) is 4.79 Å². The summed E-state index contributed by atoms with van der Waals surface area (Å²) >= 11 is 4.86. The molecule has 1 aliphatic rings. The normalized spacial score (nSPS) is 23.2. The molecule has 1 fully saturated rings. The number of halogens is 1. The zero-order valence-corrected chi connectivity index (χ0v) is 13.8. The number of carbonyl (C=O) groups excluding carboxylic acids is 1. The van der Waals surface area contributed by atoms with Crippen LogP contribution in [-0.2, 0) is 0 Å². The number of rotatable bonds is 1. The lowest BCUT2D eigenvalue weighted by Gasteiger charge is -2.36.